The minimum absolute atomic E-state index is 0.00574. The molecule has 0 fully saturated rings. The normalized spacial score (nSPS) is 13.7. The Morgan fingerprint density at radius 2 is 2.07 bits per heavy atom. The average molecular weight is 204 g/mol. The van der Waals surface area contributed by atoms with Crippen molar-refractivity contribution in [1.29, 1.82) is 0 Å². The lowest BCUT2D eigenvalue weighted by Gasteiger charge is -2.10. The Balaban J connectivity index is 3.08. The van der Waals surface area contributed by atoms with Crippen LogP contribution in [0.1, 0.15) is 19.5 Å². The van der Waals surface area contributed by atoms with Crippen LogP contribution in [-0.4, -0.2) is 22.9 Å². The minimum atomic E-state index is -4.41. The lowest BCUT2D eigenvalue weighted by atomic mass is 10.2. The molecule has 0 amide bonds. The highest BCUT2D eigenvalue weighted by atomic mass is 19.4. The molecule has 78 valence electrons. The van der Waals surface area contributed by atoms with Crippen molar-refractivity contribution in [2.24, 2.45) is 4.99 Å². The second-order valence-corrected chi connectivity index (χ2v) is 3.15. The van der Waals surface area contributed by atoms with Crippen LogP contribution in [0, 0.1) is 0 Å². The van der Waals surface area contributed by atoms with Gasteiger partial charge in [0.05, 0.1) is 5.69 Å². The van der Waals surface area contributed by atoms with Crippen LogP contribution in [0.5, 0.6) is 0 Å². The third kappa shape index (κ3) is 2.61. The number of nitrogens with one attached hydrogen (secondary N) is 1. The van der Waals surface area contributed by atoms with E-state index in [0.29, 0.717) is 0 Å². The Kier molecular flexibility index (Phi) is 2.98. The van der Waals surface area contributed by atoms with E-state index in [1.54, 1.807) is 13.8 Å². The van der Waals surface area contributed by atoms with Crippen molar-refractivity contribution in [3.05, 3.63) is 24.0 Å². The maximum atomic E-state index is 12.5. The smallest absolute Gasteiger partial charge is 0.360 e. The molecule has 0 aromatic carbocycles. The molecule has 0 radical (unpaired) electrons. The summed E-state index contributed by atoms with van der Waals surface area (Å²) in [5.41, 5.74) is -0.844. The molecule has 0 aliphatic carbocycles. The zero-order valence-electron chi connectivity index (χ0n) is 7.89. The van der Waals surface area contributed by atoms with Crippen molar-refractivity contribution >= 4 is 5.71 Å². The van der Waals surface area contributed by atoms with Crippen LogP contribution in [0.25, 0.3) is 0 Å². The number of aromatic nitrogens is 1. The third-order valence-electron chi connectivity index (χ3n) is 1.51. The Morgan fingerprint density at radius 3 is 2.43 bits per heavy atom. The molecule has 0 bridgehead atoms. The highest BCUT2D eigenvalue weighted by Crippen LogP contribution is 2.22. The predicted molar refractivity (Wildman–Crippen MR) is 48.5 cm³/mol. The highest BCUT2D eigenvalue weighted by Gasteiger charge is 2.37. The van der Waals surface area contributed by atoms with Crippen molar-refractivity contribution in [1.82, 2.24) is 4.98 Å². The van der Waals surface area contributed by atoms with Crippen molar-refractivity contribution in [3.8, 4) is 0 Å². The van der Waals surface area contributed by atoms with Gasteiger partial charge in [-0.05, 0) is 26.0 Å². The first-order chi connectivity index (χ1) is 6.41. The number of nitrogens with zero attached hydrogens (tertiary/aromatic N) is 1. The number of halogens is 3. The van der Waals surface area contributed by atoms with Gasteiger partial charge >= 0.3 is 6.18 Å². The molecule has 1 rings (SSSR count). The van der Waals surface area contributed by atoms with Crippen LogP contribution in [-0.2, 0) is 0 Å². The fourth-order valence-corrected chi connectivity index (χ4v) is 1.03. The third-order valence-corrected chi connectivity index (χ3v) is 1.51. The number of hydrogen-bond acceptors (Lipinski definition) is 1. The number of H-pyrrole nitrogens is 1. The monoisotopic (exact) mass is 204 g/mol. The van der Waals surface area contributed by atoms with E-state index in [0.717, 1.165) is 0 Å². The lowest BCUT2D eigenvalue weighted by Crippen LogP contribution is -2.25. The molecule has 5 heteroatoms. The zero-order valence-corrected chi connectivity index (χ0v) is 7.89. The molecule has 2 nitrogen and oxygen atoms in total. The molecular formula is C9H11F3N2. The summed E-state index contributed by atoms with van der Waals surface area (Å²) < 4.78 is 37.5. The maximum absolute atomic E-state index is 12.5. The van der Waals surface area contributed by atoms with Gasteiger partial charge in [-0.2, -0.15) is 13.2 Å². The summed E-state index contributed by atoms with van der Waals surface area (Å²) in [6, 6.07) is 2.49. The molecule has 1 heterocycles. The Bertz CT molecular complexity index is 309. The molecule has 1 N–H and O–H groups in total. The number of alkyl halides is 3. The summed E-state index contributed by atoms with van der Waals surface area (Å²) in [5, 5.41) is 0. The van der Waals surface area contributed by atoms with Crippen molar-refractivity contribution < 1.29 is 13.2 Å². The second kappa shape index (κ2) is 3.86. The SMILES string of the molecule is CC(C)N=C(c1ccc[nH]1)C(F)(F)F. The van der Waals surface area contributed by atoms with Crippen LogP contribution < -0.4 is 0 Å². The number of hydrogen-bond donors (Lipinski definition) is 1. The van der Waals surface area contributed by atoms with Gasteiger partial charge in [-0.15, -0.1) is 0 Å². The van der Waals surface area contributed by atoms with E-state index in [4.69, 9.17) is 0 Å². The number of aliphatic imine (C=N–C) groups is 1. The minimum Gasteiger partial charge on any atom is -0.360 e. The average Bonchev–Trinajstić information content (AvgIpc) is 2.49. The van der Waals surface area contributed by atoms with Crippen LogP contribution in [0.4, 0.5) is 13.2 Å². The molecule has 1 aromatic heterocycles. The summed E-state index contributed by atoms with van der Waals surface area (Å²) in [6.07, 6.45) is -2.97. The topological polar surface area (TPSA) is 28.1 Å². The van der Waals surface area contributed by atoms with Crippen LogP contribution >= 0.6 is 0 Å². The molecule has 1 aromatic rings. The Morgan fingerprint density at radius 1 is 1.43 bits per heavy atom. The first-order valence-corrected chi connectivity index (χ1v) is 4.20. The van der Waals surface area contributed by atoms with Gasteiger partial charge in [0.1, 0.15) is 0 Å². The molecule has 0 atom stereocenters. The molecule has 0 aliphatic heterocycles. The van der Waals surface area contributed by atoms with Gasteiger partial charge in [0, 0.05) is 12.2 Å². The van der Waals surface area contributed by atoms with E-state index in [-0.39, 0.29) is 11.7 Å². The standard InChI is InChI=1S/C9H11F3N2/c1-6(2)14-8(9(10,11)12)7-4-3-5-13-7/h3-6,13H,1-2H3. The van der Waals surface area contributed by atoms with Crippen LogP contribution in [0.3, 0.4) is 0 Å². The largest absolute Gasteiger partial charge is 0.435 e. The van der Waals surface area contributed by atoms with Gasteiger partial charge in [-0.1, -0.05) is 0 Å². The lowest BCUT2D eigenvalue weighted by molar-refractivity contribution is -0.0585. The summed E-state index contributed by atoms with van der Waals surface area (Å²) in [5.74, 6) is 0. The van der Waals surface area contributed by atoms with Gasteiger partial charge in [-0.25, -0.2) is 0 Å². The highest BCUT2D eigenvalue weighted by molar-refractivity contribution is 6.03. The number of rotatable bonds is 2. The fourth-order valence-electron chi connectivity index (χ4n) is 1.03. The molecule has 14 heavy (non-hydrogen) atoms. The Labute approximate surface area is 79.9 Å². The van der Waals surface area contributed by atoms with Crippen molar-refractivity contribution in [2.45, 2.75) is 26.1 Å². The zero-order chi connectivity index (χ0) is 10.8. The van der Waals surface area contributed by atoms with Crippen molar-refractivity contribution in [3.63, 3.8) is 0 Å². The van der Waals surface area contributed by atoms with E-state index in [1.807, 2.05) is 0 Å². The van der Waals surface area contributed by atoms with E-state index >= 15 is 0 Å². The maximum Gasteiger partial charge on any atom is 0.435 e. The second-order valence-electron chi connectivity index (χ2n) is 3.15. The van der Waals surface area contributed by atoms with E-state index in [2.05, 4.69) is 9.98 Å². The fraction of sp³-hybridized carbons (Fsp3) is 0.444. The van der Waals surface area contributed by atoms with E-state index < -0.39 is 11.9 Å². The number of aromatic amines is 1. The predicted octanol–water partition coefficient (Wildman–Crippen LogP) is 2.77. The summed E-state index contributed by atoms with van der Waals surface area (Å²) in [6.45, 7) is 3.21. The van der Waals surface area contributed by atoms with Gasteiger partial charge < -0.3 is 4.98 Å². The van der Waals surface area contributed by atoms with Gasteiger partial charge in [0.2, 0.25) is 0 Å². The van der Waals surface area contributed by atoms with Crippen LogP contribution in [0.2, 0.25) is 0 Å². The molecule has 0 spiro atoms. The quantitative estimate of drug-likeness (QED) is 0.717. The first-order valence-electron chi connectivity index (χ1n) is 4.20. The first kappa shape index (κ1) is 10.8. The molecule has 0 saturated heterocycles. The molecule has 0 unspecified atom stereocenters. The van der Waals surface area contributed by atoms with E-state index in [1.165, 1.54) is 18.3 Å². The summed E-state index contributed by atoms with van der Waals surface area (Å²) in [7, 11) is 0. The molecular weight excluding hydrogens is 193 g/mol. The Hall–Kier alpha value is -1.26. The summed E-state index contributed by atoms with van der Waals surface area (Å²) in [4.78, 5) is 6.05. The van der Waals surface area contributed by atoms with E-state index in [9.17, 15) is 13.2 Å². The van der Waals surface area contributed by atoms with Crippen LogP contribution in [0.15, 0.2) is 23.3 Å². The van der Waals surface area contributed by atoms with Gasteiger partial charge in [-0.3, -0.25) is 4.99 Å². The summed E-state index contributed by atoms with van der Waals surface area (Å²) >= 11 is 0. The molecule has 0 saturated carbocycles. The van der Waals surface area contributed by atoms with Gasteiger partial charge in [0.15, 0.2) is 5.71 Å². The van der Waals surface area contributed by atoms with Gasteiger partial charge in [0.25, 0.3) is 0 Å². The van der Waals surface area contributed by atoms with Crippen molar-refractivity contribution in [2.75, 3.05) is 0 Å². The molecule has 0 aliphatic rings.